The number of phenols is 1. The van der Waals surface area contributed by atoms with E-state index >= 15 is 0 Å². The van der Waals surface area contributed by atoms with Gasteiger partial charge < -0.3 is 10.2 Å². The van der Waals surface area contributed by atoms with Crippen LogP contribution in [0.4, 0.5) is 0 Å². The highest BCUT2D eigenvalue weighted by Gasteiger charge is 2.39. The Kier molecular flexibility index (Phi) is 5.90. The lowest BCUT2D eigenvalue weighted by molar-refractivity contribution is 0.0693. The summed E-state index contributed by atoms with van der Waals surface area (Å²) in [4.78, 5) is 28.5. The van der Waals surface area contributed by atoms with Crippen molar-refractivity contribution in [1.82, 2.24) is 4.98 Å². The second-order valence-electron chi connectivity index (χ2n) is 10.2. The number of ketones is 1. The van der Waals surface area contributed by atoms with Crippen LogP contribution in [0.5, 0.6) is 5.75 Å². The molecule has 1 aromatic heterocycles. The molecule has 0 saturated heterocycles. The number of rotatable bonds is 5. The molecule has 34 heavy (non-hydrogen) atoms. The third kappa shape index (κ3) is 4.38. The molecule has 0 atom stereocenters. The number of allylic oxidation sites excluding steroid dienone is 1. The van der Waals surface area contributed by atoms with Gasteiger partial charge in [-0.1, -0.05) is 39.8 Å². The molecular formula is C29H29NO4. The predicted molar refractivity (Wildman–Crippen MR) is 133 cm³/mol. The van der Waals surface area contributed by atoms with Gasteiger partial charge in [0.1, 0.15) is 11.3 Å². The largest absolute Gasteiger partial charge is 0.507 e. The standard InChI is InChI=1S/C29H29NO4/c1-28(2)11-12-29(3,4)26-22(19-9-13-30-14-10-19)16-20(17-23(26)28)24(31)8-6-18-5-7-21(27(33)34)25(32)15-18/h5-10,13-17,32H,11-12H2,1-4H3,(H,33,34)/b8-6-. The third-order valence-corrected chi connectivity index (χ3v) is 6.87. The maximum absolute atomic E-state index is 13.3. The number of nitrogens with zero attached hydrogens (tertiary/aromatic N) is 1. The van der Waals surface area contributed by atoms with Crippen molar-refractivity contribution in [2.75, 3.05) is 0 Å². The number of aromatic nitrogens is 1. The maximum atomic E-state index is 13.3. The second-order valence-corrected chi connectivity index (χ2v) is 10.2. The number of carboxylic acids is 1. The molecule has 4 rings (SSSR count). The molecule has 0 unspecified atom stereocenters. The molecule has 1 heterocycles. The van der Waals surface area contributed by atoms with E-state index in [2.05, 4.69) is 32.7 Å². The van der Waals surface area contributed by atoms with Crippen molar-refractivity contribution >= 4 is 17.8 Å². The summed E-state index contributed by atoms with van der Waals surface area (Å²) in [5.41, 5.74) is 5.44. The number of carbonyl (C=O) groups is 2. The van der Waals surface area contributed by atoms with E-state index in [-0.39, 0.29) is 27.9 Å². The summed E-state index contributed by atoms with van der Waals surface area (Å²) in [5.74, 6) is -1.69. The van der Waals surface area contributed by atoms with Gasteiger partial charge in [-0.15, -0.1) is 0 Å². The molecule has 0 fully saturated rings. The molecule has 2 N–H and O–H groups in total. The number of benzene rings is 2. The number of aromatic hydroxyl groups is 1. The second kappa shape index (κ2) is 8.56. The van der Waals surface area contributed by atoms with Crippen LogP contribution >= 0.6 is 0 Å². The number of aromatic carboxylic acids is 1. The molecule has 1 aliphatic rings. The molecule has 0 bridgehead atoms. The van der Waals surface area contributed by atoms with Crippen molar-refractivity contribution in [1.29, 1.82) is 0 Å². The number of hydrogen-bond donors (Lipinski definition) is 2. The zero-order chi connectivity index (χ0) is 24.7. The highest BCUT2D eigenvalue weighted by molar-refractivity contribution is 6.08. The molecule has 3 aromatic rings. The first-order valence-electron chi connectivity index (χ1n) is 11.4. The van der Waals surface area contributed by atoms with E-state index in [0.29, 0.717) is 11.1 Å². The van der Waals surface area contributed by atoms with Crippen LogP contribution in [0.25, 0.3) is 17.2 Å². The SMILES string of the molecule is CC1(C)CCC(C)(C)c2c(-c3ccncc3)cc(C(=O)/C=C\c3ccc(C(=O)O)c(O)c3)cc21. The zero-order valence-corrected chi connectivity index (χ0v) is 19.9. The molecular weight excluding hydrogens is 426 g/mol. The number of carbonyl (C=O) groups excluding carboxylic acids is 1. The van der Waals surface area contributed by atoms with Crippen LogP contribution in [0.2, 0.25) is 0 Å². The molecule has 5 heteroatoms. The van der Waals surface area contributed by atoms with Gasteiger partial charge in [0.2, 0.25) is 0 Å². The maximum Gasteiger partial charge on any atom is 0.339 e. The van der Waals surface area contributed by atoms with Gasteiger partial charge >= 0.3 is 5.97 Å². The van der Waals surface area contributed by atoms with E-state index in [4.69, 9.17) is 5.11 Å². The first kappa shape index (κ1) is 23.4. The van der Waals surface area contributed by atoms with E-state index in [1.807, 2.05) is 24.3 Å². The smallest absolute Gasteiger partial charge is 0.339 e. The monoisotopic (exact) mass is 455 g/mol. The fourth-order valence-electron chi connectivity index (χ4n) is 4.79. The van der Waals surface area contributed by atoms with Gasteiger partial charge in [0.05, 0.1) is 0 Å². The van der Waals surface area contributed by atoms with Crippen LogP contribution in [0, 0.1) is 0 Å². The van der Waals surface area contributed by atoms with Gasteiger partial charge in [-0.25, -0.2) is 4.79 Å². The fourth-order valence-corrected chi connectivity index (χ4v) is 4.79. The lowest BCUT2D eigenvalue weighted by Crippen LogP contribution is -2.34. The minimum atomic E-state index is -1.20. The van der Waals surface area contributed by atoms with Crippen LogP contribution in [-0.2, 0) is 10.8 Å². The van der Waals surface area contributed by atoms with Crippen LogP contribution in [-0.4, -0.2) is 26.9 Å². The summed E-state index contributed by atoms with van der Waals surface area (Å²) in [5, 5.41) is 19.0. The molecule has 5 nitrogen and oxygen atoms in total. The summed E-state index contributed by atoms with van der Waals surface area (Å²) in [6.07, 6.45) is 8.69. The summed E-state index contributed by atoms with van der Waals surface area (Å²) in [6, 6.07) is 12.2. The Bertz CT molecular complexity index is 1300. The van der Waals surface area contributed by atoms with E-state index in [0.717, 1.165) is 24.0 Å². The Morgan fingerprint density at radius 2 is 1.62 bits per heavy atom. The average Bonchev–Trinajstić information content (AvgIpc) is 2.80. The third-order valence-electron chi connectivity index (χ3n) is 6.87. The van der Waals surface area contributed by atoms with Gasteiger partial charge in [0.15, 0.2) is 5.78 Å². The normalized spacial score (nSPS) is 16.2. The first-order chi connectivity index (χ1) is 16.0. The van der Waals surface area contributed by atoms with Crippen molar-refractivity contribution in [3.63, 3.8) is 0 Å². The minimum absolute atomic E-state index is 0.0235. The van der Waals surface area contributed by atoms with Gasteiger partial charge in [0, 0.05) is 18.0 Å². The Balaban J connectivity index is 1.80. The van der Waals surface area contributed by atoms with E-state index in [1.165, 1.54) is 29.3 Å². The summed E-state index contributed by atoms with van der Waals surface area (Å²) < 4.78 is 0. The molecule has 174 valence electrons. The number of carboxylic acid groups (broad SMARTS) is 1. The average molecular weight is 456 g/mol. The zero-order valence-electron chi connectivity index (χ0n) is 19.9. The molecule has 0 amide bonds. The van der Waals surface area contributed by atoms with E-state index in [9.17, 15) is 14.7 Å². The number of pyridine rings is 1. The molecule has 0 aliphatic heterocycles. The number of fused-ring (bicyclic) bond motifs is 1. The van der Waals surface area contributed by atoms with Crippen LogP contribution in [0.3, 0.4) is 0 Å². The van der Waals surface area contributed by atoms with Crippen molar-refractivity contribution in [3.8, 4) is 16.9 Å². The highest BCUT2D eigenvalue weighted by atomic mass is 16.4. The van der Waals surface area contributed by atoms with Gasteiger partial charge in [-0.3, -0.25) is 9.78 Å². The Hall–Kier alpha value is -3.73. The lowest BCUT2D eigenvalue weighted by Gasteiger charge is -2.43. The molecule has 0 spiro atoms. The fraction of sp³-hybridized carbons (Fsp3) is 0.276. The molecule has 0 saturated carbocycles. The highest BCUT2D eigenvalue weighted by Crippen LogP contribution is 2.49. The Morgan fingerprint density at radius 3 is 2.26 bits per heavy atom. The summed E-state index contributed by atoms with van der Waals surface area (Å²) >= 11 is 0. The molecule has 0 radical (unpaired) electrons. The van der Waals surface area contributed by atoms with Gasteiger partial charge in [-0.05, 0) is 94.0 Å². The van der Waals surface area contributed by atoms with Crippen molar-refractivity contribution in [2.45, 2.75) is 51.4 Å². The van der Waals surface area contributed by atoms with Gasteiger partial charge in [-0.2, -0.15) is 0 Å². The van der Waals surface area contributed by atoms with Crippen LogP contribution in [0.1, 0.15) is 77.9 Å². The minimum Gasteiger partial charge on any atom is -0.507 e. The summed E-state index contributed by atoms with van der Waals surface area (Å²) in [7, 11) is 0. The van der Waals surface area contributed by atoms with Crippen LogP contribution < -0.4 is 0 Å². The van der Waals surface area contributed by atoms with E-state index in [1.54, 1.807) is 24.5 Å². The quantitative estimate of drug-likeness (QED) is 0.343. The topological polar surface area (TPSA) is 87.5 Å². The van der Waals surface area contributed by atoms with Crippen molar-refractivity contribution in [2.24, 2.45) is 0 Å². The lowest BCUT2D eigenvalue weighted by atomic mass is 9.61. The summed E-state index contributed by atoms with van der Waals surface area (Å²) in [6.45, 7) is 8.99. The first-order valence-corrected chi connectivity index (χ1v) is 11.4. The van der Waals surface area contributed by atoms with Gasteiger partial charge in [0.25, 0.3) is 0 Å². The molecule has 2 aromatic carbocycles. The van der Waals surface area contributed by atoms with E-state index < -0.39 is 5.97 Å². The Labute approximate surface area is 199 Å². The van der Waals surface area contributed by atoms with Crippen molar-refractivity contribution in [3.05, 3.63) is 88.8 Å². The predicted octanol–water partition coefficient (Wildman–Crippen LogP) is 6.40. The van der Waals surface area contributed by atoms with Crippen LogP contribution in [0.15, 0.2) is 60.9 Å². The molecule has 1 aliphatic carbocycles. The van der Waals surface area contributed by atoms with Crippen molar-refractivity contribution < 1.29 is 19.8 Å². The Morgan fingerprint density at radius 1 is 0.941 bits per heavy atom. The number of hydrogen-bond acceptors (Lipinski definition) is 4.